The molecule has 0 fully saturated rings. The van der Waals surface area contributed by atoms with Crippen molar-refractivity contribution < 1.29 is 19.4 Å². The molecule has 6 nitrogen and oxygen atoms in total. The molecule has 0 aliphatic carbocycles. The van der Waals surface area contributed by atoms with Crippen molar-refractivity contribution in [2.45, 2.75) is 6.61 Å². The van der Waals surface area contributed by atoms with Gasteiger partial charge in [-0.3, -0.25) is 9.59 Å². The van der Waals surface area contributed by atoms with Crippen molar-refractivity contribution in [3.8, 4) is 5.75 Å². The van der Waals surface area contributed by atoms with E-state index in [1.807, 2.05) is 0 Å². The van der Waals surface area contributed by atoms with Crippen molar-refractivity contribution in [3.05, 3.63) is 59.7 Å². The number of hydrogen-bond donors (Lipinski definition) is 3. The highest BCUT2D eigenvalue weighted by Gasteiger charge is 2.05. The van der Waals surface area contributed by atoms with Gasteiger partial charge in [0, 0.05) is 11.3 Å². The number of carbonyl (C=O) groups excluding carboxylic acids is 2. The number of nitrogens with two attached hydrogens (primary N) is 1. The van der Waals surface area contributed by atoms with Gasteiger partial charge in [-0.15, -0.1) is 0 Å². The van der Waals surface area contributed by atoms with Gasteiger partial charge in [-0.2, -0.15) is 0 Å². The number of aliphatic hydroxyl groups excluding tert-OH is 1. The molecule has 2 aromatic carbocycles. The lowest BCUT2D eigenvalue weighted by atomic mass is 10.2. The number of amides is 2. The van der Waals surface area contributed by atoms with Gasteiger partial charge in [0.25, 0.3) is 5.91 Å². The summed E-state index contributed by atoms with van der Waals surface area (Å²) in [4.78, 5) is 22.7. The van der Waals surface area contributed by atoms with Crippen LogP contribution in [0.2, 0.25) is 0 Å². The molecule has 2 aromatic rings. The normalized spacial score (nSPS) is 10.0. The van der Waals surface area contributed by atoms with Crippen LogP contribution in [0.15, 0.2) is 48.5 Å². The third kappa shape index (κ3) is 4.32. The fraction of sp³-hybridized carbons (Fsp3) is 0.125. The van der Waals surface area contributed by atoms with Crippen molar-refractivity contribution >= 4 is 17.5 Å². The Labute approximate surface area is 127 Å². The first-order valence-corrected chi connectivity index (χ1v) is 6.61. The molecule has 114 valence electrons. The molecular formula is C16H16N2O4. The second-order valence-corrected chi connectivity index (χ2v) is 4.58. The minimum atomic E-state index is -0.521. The fourth-order valence-corrected chi connectivity index (χ4v) is 1.75. The quantitative estimate of drug-likeness (QED) is 0.748. The van der Waals surface area contributed by atoms with Gasteiger partial charge in [0.15, 0.2) is 6.61 Å². The number of ether oxygens (including phenoxy) is 1. The predicted octanol–water partition coefficient (Wildman–Crippen LogP) is 1.30. The molecule has 2 amide bonds. The first kappa shape index (κ1) is 15.5. The summed E-state index contributed by atoms with van der Waals surface area (Å²) in [6.07, 6.45) is 0. The Bertz CT molecular complexity index is 651. The summed E-state index contributed by atoms with van der Waals surface area (Å²) >= 11 is 0. The minimum Gasteiger partial charge on any atom is -0.484 e. The SMILES string of the molecule is NC(=O)c1ccc(NC(=O)COc2ccc(CO)cc2)cc1. The summed E-state index contributed by atoms with van der Waals surface area (Å²) in [5, 5.41) is 11.6. The largest absolute Gasteiger partial charge is 0.484 e. The van der Waals surface area contributed by atoms with E-state index in [4.69, 9.17) is 15.6 Å². The summed E-state index contributed by atoms with van der Waals surface area (Å²) < 4.78 is 5.33. The van der Waals surface area contributed by atoms with Crippen LogP contribution in [0, 0.1) is 0 Å². The zero-order valence-corrected chi connectivity index (χ0v) is 11.8. The summed E-state index contributed by atoms with van der Waals surface area (Å²) in [5.74, 6) is -0.304. The molecule has 0 aliphatic rings. The maximum Gasteiger partial charge on any atom is 0.262 e. The summed E-state index contributed by atoms with van der Waals surface area (Å²) in [7, 11) is 0. The van der Waals surface area contributed by atoms with Crippen LogP contribution in [0.1, 0.15) is 15.9 Å². The Hall–Kier alpha value is -2.86. The molecule has 4 N–H and O–H groups in total. The predicted molar refractivity (Wildman–Crippen MR) is 81.4 cm³/mol. The highest BCUT2D eigenvalue weighted by Crippen LogP contribution is 2.13. The number of aliphatic hydroxyl groups is 1. The van der Waals surface area contributed by atoms with Crippen molar-refractivity contribution in [3.63, 3.8) is 0 Å². The van der Waals surface area contributed by atoms with Crippen LogP contribution in [-0.2, 0) is 11.4 Å². The van der Waals surface area contributed by atoms with Gasteiger partial charge in [0.05, 0.1) is 6.61 Å². The Kier molecular flexibility index (Phi) is 5.11. The Morgan fingerprint density at radius 2 is 1.68 bits per heavy atom. The number of rotatable bonds is 6. The molecule has 0 saturated heterocycles. The third-order valence-electron chi connectivity index (χ3n) is 2.93. The van der Waals surface area contributed by atoms with Crippen LogP contribution in [0.5, 0.6) is 5.75 Å². The third-order valence-corrected chi connectivity index (χ3v) is 2.93. The topological polar surface area (TPSA) is 102 Å². The van der Waals surface area contributed by atoms with Crippen LogP contribution in [0.3, 0.4) is 0 Å². The fourth-order valence-electron chi connectivity index (χ4n) is 1.75. The lowest BCUT2D eigenvalue weighted by Crippen LogP contribution is -2.20. The molecule has 0 spiro atoms. The number of benzene rings is 2. The van der Waals surface area contributed by atoms with Crippen LogP contribution >= 0.6 is 0 Å². The molecule has 0 unspecified atom stereocenters. The summed E-state index contributed by atoms with van der Waals surface area (Å²) in [6.45, 7) is -0.182. The van der Waals surface area contributed by atoms with E-state index in [1.165, 1.54) is 12.1 Å². The van der Waals surface area contributed by atoms with Crippen LogP contribution in [0.25, 0.3) is 0 Å². The maximum atomic E-state index is 11.8. The number of carbonyl (C=O) groups is 2. The molecule has 0 atom stereocenters. The lowest BCUT2D eigenvalue weighted by molar-refractivity contribution is -0.118. The molecular weight excluding hydrogens is 284 g/mol. The molecule has 0 aliphatic heterocycles. The van der Waals surface area contributed by atoms with E-state index < -0.39 is 5.91 Å². The second-order valence-electron chi connectivity index (χ2n) is 4.58. The van der Waals surface area contributed by atoms with E-state index in [1.54, 1.807) is 36.4 Å². The number of primary amides is 1. The lowest BCUT2D eigenvalue weighted by Gasteiger charge is -2.08. The highest BCUT2D eigenvalue weighted by molar-refractivity contribution is 5.95. The van der Waals surface area contributed by atoms with Crippen molar-refractivity contribution in [1.82, 2.24) is 0 Å². The average Bonchev–Trinajstić information content (AvgIpc) is 2.54. The van der Waals surface area contributed by atoms with E-state index in [-0.39, 0.29) is 19.1 Å². The number of anilines is 1. The summed E-state index contributed by atoms with van der Waals surface area (Å²) in [5.41, 5.74) is 6.83. The van der Waals surface area contributed by atoms with Gasteiger partial charge < -0.3 is 20.9 Å². The highest BCUT2D eigenvalue weighted by atomic mass is 16.5. The van der Waals surface area contributed by atoms with Gasteiger partial charge >= 0.3 is 0 Å². The molecule has 0 radical (unpaired) electrons. The van der Waals surface area contributed by atoms with Crippen molar-refractivity contribution in [1.29, 1.82) is 0 Å². The zero-order chi connectivity index (χ0) is 15.9. The van der Waals surface area contributed by atoms with Gasteiger partial charge in [-0.25, -0.2) is 0 Å². The van der Waals surface area contributed by atoms with Gasteiger partial charge in [-0.1, -0.05) is 12.1 Å². The molecule has 6 heteroatoms. The van der Waals surface area contributed by atoms with Crippen molar-refractivity contribution in [2.24, 2.45) is 5.73 Å². The van der Waals surface area contributed by atoms with E-state index in [0.717, 1.165) is 5.56 Å². The van der Waals surface area contributed by atoms with Crippen LogP contribution < -0.4 is 15.8 Å². The van der Waals surface area contributed by atoms with E-state index in [0.29, 0.717) is 17.0 Å². The first-order valence-electron chi connectivity index (χ1n) is 6.61. The maximum absolute atomic E-state index is 11.8. The first-order chi connectivity index (χ1) is 10.6. The standard InChI is InChI=1S/C16H16N2O4/c17-16(21)12-3-5-13(6-4-12)18-15(20)10-22-14-7-1-11(9-19)2-8-14/h1-8,19H,9-10H2,(H2,17,21)(H,18,20). The average molecular weight is 300 g/mol. The van der Waals surface area contributed by atoms with E-state index in [2.05, 4.69) is 5.32 Å². The van der Waals surface area contributed by atoms with Crippen molar-refractivity contribution in [2.75, 3.05) is 11.9 Å². The molecule has 0 heterocycles. The van der Waals surface area contributed by atoms with E-state index >= 15 is 0 Å². The van der Waals surface area contributed by atoms with Gasteiger partial charge in [0.2, 0.25) is 5.91 Å². The molecule has 0 bridgehead atoms. The van der Waals surface area contributed by atoms with Crippen LogP contribution in [0.4, 0.5) is 5.69 Å². The Balaban J connectivity index is 1.85. The molecule has 0 aromatic heterocycles. The smallest absolute Gasteiger partial charge is 0.262 e. The van der Waals surface area contributed by atoms with E-state index in [9.17, 15) is 9.59 Å². The Morgan fingerprint density at radius 1 is 1.05 bits per heavy atom. The zero-order valence-electron chi connectivity index (χ0n) is 11.8. The Morgan fingerprint density at radius 3 is 2.23 bits per heavy atom. The van der Waals surface area contributed by atoms with Gasteiger partial charge in [0.1, 0.15) is 5.75 Å². The second kappa shape index (κ2) is 7.24. The molecule has 22 heavy (non-hydrogen) atoms. The number of nitrogens with one attached hydrogen (secondary N) is 1. The molecule has 2 rings (SSSR count). The summed E-state index contributed by atoms with van der Waals surface area (Å²) in [6, 6.07) is 13.0. The monoisotopic (exact) mass is 300 g/mol. The molecule has 0 saturated carbocycles. The van der Waals surface area contributed by atoms with Gasteiger partial charge in [-0.05, 0) is 42.0 Å². The minimum absolute atomic E-state index is 0.0396. The number of hydrogen-bond acceptors (Lipinski definition) is 4. The van der Waals surface area contributed by atoms with Crippen LogP contribution in [-0.4, -0.2) is 23.5 Å².